The third-order valence-electron chi connectivity index (χ3n) is 17.7. The number of nitrogens with zero attached hydrogens (tertiary/aromatic N) is 3. The predicted molar refractivity (Wildman–Crippen MR) is 376 cm³/mol. The molecule has 7 rings (SSSR count). The Morgan fingerprint density at radius 3 is 1.77 bits per heavy atom. The Bertz CT molecular complexity index is 3400. The van der Waals surface area contributed by atoms with E-state index in [1.165, 1.54) is 47.9 Å². The van der Waals surface area contributed by atoms with Gasteiger partial charge in [-0.1, -0.05) is 27.2 Å². The van der Waals surface area contributed by atoms with Crippen LogP contribution in [0.2, 0.25) is 0 Å². The molecule has 0 saturated carbocycles. The highest BCUT2D eigenvalue weighted by molar-refractivity contribution is 7.98. The SMILES string of the molecule is CC[C@H](C)[C@@H]1NC(=O)CNC(=O)[C@@H]2Cc3c([nH]c4c(CSCCOCCOCCOCCOCCOCCOCCOCCOCCOCCN5C=C5CN5C(=O)C=CC5=O)c(O)ccc34)S(=O)C[C@H](NC(=O)CNC1=O)C(=O)N[C@@H](CC(N)=O)C(=O)N1C[C@H](O)C[C@H]1C(=O)NC([C@@H](C)[C@@H](O)CO)C(=O)N2. The van der Waals surface area contributed by atoms with Crippen LogP contribution in [0.25, 0.3) is 10.9 Å². The number of phenolic OH excluding ortho intramolecular Hbond substituents is 1. The quantitative estimate of drug-likeness (QED) is 0.0218. The van der Waals surface area contributed by atoms with Crippen LogP contribution >= 0.6 is 11.8 Å². The Hall–Kier alpha value is -7.77. The number of aromatic amines is 1. The van der Waals surface area contributed by atoms with Crippen LogP contribution in [0.1, 0.15) is 51.2 Å². The summed E-state index contributed by atoms with van der Waals surface area (Å²) in [6, 6.07) is -7.49. The minimum Gasteiger partial charge on any atom is -0.508 e. The molecule has 37 nitrogen and oxygen atoms in total. The van der Waals surface area contributed by atoms with Crippen molar-refractivity contribution in [2.45, 2.75) is 106 Å². The van der Waals surface area contributed by atoms with Crippen LogP contribution < -0.4 is 43.0 Å². The van der Waals surface area contributed by atoms with Gasteiger partial charge in [-0.3, -0.25) is 61.8 Å². The van der Waals surface area contributed by atoms with Crippen molar-refractivity contribution in [3.63, 3.8) is 0 Å². The average molecular weight is 1540 g/mol. The van der Waals surface area contributed by atoms with Gasteiger partial charge in [0, 0.05) is 72.7 Å². The van der Waals surface area contributed by atoms with Gasteiger partial charge in [0.2, 0.25) is 53.2 Å². The number of H-pyrrole nitrogens is 1. The molecule has 0 aliphatic carbocycles. The molecule has 5 aliphatic heterocycles. The van der Waals surface area contributed by atoms with Gasteiger partial charge in [-0.2, -0.15) is 11.8 Å². The number of aliphatic hydroxyl groups is 3. The van der Waals surface area contributed by atoms with E-state index in [1.54, 1.807) is 13.8 Å². The van der Waals surface area contributed by atoms with Gasteiger partial charge in [0.15, 0.2) is 0 Å². The summed E-state index contributed by atoms with van der Waals surface area (Å²) in [5, 5.41) is 60.8. The Morgan fingerprint density at radius 2 is 1.22 bits per heavy atom. The van der Waals surface area contributed by atoms with Gasteiger partial charge in [-0.05, 0) is 23.6 Å². The monoisotopic (exact) mass is 1540 g/mol. The number of nitrogens with two attached hydrogens (primary N) is 1. The van der Waals surface area contributed by atoms with Crippen molar-refractivity contribution in [1.29, 1.82) is 0 Å². The van der Waals surface area contributed by atoms with E-state index in [1.807, 2.05) is 11.1 Å². The van der Waals surface area contributed by atoms with E-state index in [4.69, 9.17) is 48.4 Å². The summed E-state index contributed by atoms with van der Waals surface area (Å²) in [7, 11) is -2.49. The second-order valence-corrected chi connectivity index (χ2v) is 27.9. The summed E-state index contributed by atoms with van der Waals surface area (Å²) in [6.07, 6.45) is -0.244. The normalized spacial score (nSPS) is 23.1. The lowest BCUT2D eigenvalue weighted by molar-refractivity contribution is -0.144. The Morgan fingerprint density at radius 1 is 0.670 bits per heavy atom. The summed E-state index contributed by atoms with van der Waals surface area (Å²) in [5.41, 5.74) is 7.01. The summed E-state index contributed by atoms with van der Waals surface area (Å²) in [6.45, 7) is 9.09. The molecule has 1 saturated heterocycles. The minimum absolute atomic E-state index is 0.0480. The molecule has 0 radical (unpaired) electrons. The van der Waals surface area contributed by atoms with Gasteiger partial charge in [0.25, 0.3) is 11.8 Å². The van der Waals surface area contributed by atoms with E-state index in [0.717, 1.165) is 10.6 Å². The number of carbonyl (C=O) groups excluding carboxylic acids is 11. The van der Waals surface area contributed by atoms with Gasteiger partial charge in [0.1, 0.15) is 47.0 Å². The maximum absolute atomic E-state index is 15.2. The summed E-state index contributed by atoms with van der Waals surface area (Å²) in [5.74, 6) is -12.5. The van der Waals surface area contributed by atoms with Crippen molar-refractivity contribution in [2.75, 3.05) is 170 Å². The smallest absolute Gasteiger partial charge is 0.253 e. The molecule has 1 aromatic heterocycles. The molecule has 6 heterocycles. The molecule has 5 aliphatic rings. The Labute approximate surface area is 618 Å². The van der Waals surface area contributed by atoms with Crippen molar-refractivity contribution in [1.82, 2.24) is 56.9 Å². The number of nitrogens with one attached hydrogen (secondary N) is 8. The number of amides is 11. The first-order chi connectivity index (χ1) is 51.0. The van der Waals surface area contributed by atoms with E-state index < -0.39 is 176 Å². The number of benzene rings is 1. The van der Waals surface area contributed by atoms with E-state index in [9.17, 15) is 73.2 Å². The zero-order chi connectivity index (χ0) is 76.7. The van der Waals surface area contributed by atoms with Crippen molar-refractivity contribution >= 4 is 98.4 Å². The molecule has 14 N–H and O–H groups in total. The lowest BCUT2D eigenvalue weighted by Gasteiger charge is -2.32. The number of hydrogen-bond donors (Lipinski definition) is 13. The highest BCUT2D eigenvalue weighted by Crippen LogP contribution is 2.36. The predicted octanol–water partition coefficient (Wildman–Crippen LogP) is -5.46. The van der Waals surface area contributed by atoms with Crippen LogP contribution in [0.15, 0.2) is 41.2 Å². The van der Waals surface area contributed by atoms with Crippen LogP contribution in [0.4, 0.5) is 0 Å². The zero-order valence-electron chi connectivity index (χ0n) is 59.7. The fourth-order valence-corrected chi connectivity index (χ4v) is 13.8. The summed E-state index contributed by atoms with van der Waals surface area (Å²) >= 11 is 1.34. The zero-order valence-corrected chi connectivity index (χ0v) is 61.3. The Balaban J connectivity index is 0.880. The summed E-state index contributed by atoms with van der Waals surface area (Å²) in [4.78, 5) is 157. The lowest BCUT2D eigenvalue weighted by Crippen LogP contribution is -2.62. The topological polar surface area (TPSA) is 504 Å². The van der Waals surface area contributed by atoms with E-state index in [2.05, 4.69) is 42.2 Å². The molecule has 1 aromatic carbocycles. The number of fused-ring (bicyclic) bond motifs is 5. The van der Waals surface area contributed by atoms with E-state index in [-0.39, 0.29) is 76.7 Å². The van der Waals surface area contributed by atoms with Crippen LogP contribution in [0.3, 0.4) is 0 Å². The molecule has 2 unspecified atom stereocenters. The van der Waals surface area contributed by atoms with Gasteiger partial charge >= 0.3 is 0 Å². The first-order valence-corrected chi connectivity index (χ1v) is 37.6. The number of hydrogen-bond acceptors (Lipinski definition) is 27. The number of aromatic hydroxyl groups is 1. The summed E-state index contributed by atoms with van der Waals surface area (Å²) < 4.78 is 65.5. The fourth-order valence-electron chi connectivity index (χ4n) is 11.5. The number of imide groups is 1. The maximum Gasteiger partial charge on any atom is 0.253 e. The number of aliphatic hydroxyl groups excluding tert-OH is 3. The first-order valence-electron chi connectivity index (χ1n) is 35.1. The molecule has 2 bridgehead atoms. The number of primary amides is 1. The molecular formula is C67H100N12O25S2. The molecule has 0 spiro atoms. The number of thioether (sulfide) groups is 1. The largest absolute Gasteiger partial charge is 0.508 e. The molecular weight excluding hydrogens is 1440 g/mol. The van der Waals surface area contributed by atoms with Gasteiger partial charge in [-0.25, -0.2) is 0 Å². The van der Waals surface area contributed by atoms with Crippen molar-refractivity contribution in [2.24, 2.45) is 17.6 Å². The average Bonchev–Trinajstić information content (AvgIpc) is 1.61. The standard InChI is InChI=1S/C67H100N12O25S2/c1-4-40(2)58-64(92)70-32-54(85)71-49-39-106(95)66-45(30-47(61(89)69-33-55(86)74-58)72-65(93)59(41(3)52(83)37-80)75-63(91)50-29-43(81)36-78(50)67(94)48(31-53(68)84)73-62(49)90)44-5-6-51(82)46(60(44)76-66)38-105-28-27-104-26-25-103-24-23-102-22-21-101-20-19-100-18-17-99-16-15-98-14-13-97-12-11-96-10-9-77-34-42(77)35-79-56(87)7-8-57(79)88/h5-8,34,40-41,43,47-50,52,58-59,76,80-83H,4,9-33,35-39H2,1-3H3,(H2,68,84)(H,69,89)(H,70,92)(H,71,85)(H,72,93)(H,73,90)(H,74,86)(H,75,91)/t40-,41-,43+,47-,48-,49-,50-,52-,58-,59?,77?,106?/m0/s1. The second-order valence-electron chi connectivity index (χ2n) is 25.4. The highest BCUT2D eigenvalue weighted by atomic mass is 32.2. The number of phenols is 1. The third kappa shape index (κ3) is 26.9. The third-order valence-corrected chi connectivity index (χ3v) is 20.1. The van der Waals surface area contributed by atoms with Crippen LogP contribution in [-0.4, -0.2) is 328 Å². The minimum atomic E-state index is -2.49. The van der Waals surface area contributed by atoms with E-state index in [0.29, 0.717) is 118 Å². The van der Waals surface area contributed by atoms with Crippen molar-refractivity contribution in [3.05, 3.63) is 47.3 Å². The molecule has 11 amide bonds. The van der Waals surface area contributed by atoms with Gasteiger partial charge in [0.05, 0.1) is 192 Å². The second kappa shape index (κ2) is 44.5. The highest BCUT2D eigenvalue weighted by Gasteiger charge is 2.45. The number of rotatable bonds is 41. The molecule has 39 heteroatoms. The first kappa shape index (κ1) is 85.5. The maximum atomic E-state index is 15.2. The molecule has 106 heavy (non-hydrogen) atoms. The number of aromatic nitrogens is 1. The van der Waals surface area contributed by atoms with Gasteiger partial charge in [-0.15, -0.1) is 0 Å². The molecule has 1 fully saturated rings. The molecule has 590 valence electrons. The van der Waals surface area contributed by atoms with Crippen LogP contribution in [0.5, 0.6) is 5.75 Å². The van der Waals surface area contributed by atoms with Crippen LogP contribution in [0, 0.1) is 11.8 Å². The fraction of sp³-hybridized carbons (Fsp3) is 0.657. The van der Waals surface area contributed by atoms with E-state index >= 15 is 4.21 Å². The lowest BCUT2D eigenvalue weighted by atomic mass is 9.93. The van der Waals surface area contributed by atoms with Crippen molar-refractivity contribution in [3.8, 4) is 5.75 Å². The van der Waals surface area contributed by atoms with Crippen molar-refractivity contribution < 1.29 is 120 Å². The van der Waals surface area contributed by atoms with Crippen LogP contribution in [-0.2, 0) is 118 Å². The Kier molecular flexibility index (Phi) is 35.9. The number of carbonyl (C=O) groups is 11. The molecule has 2 aromatic rings. The number of ether oxygens (including phenoxy) is 9. The van der Waals surface area contributed by atoms with Gasteiger partial charge < -0.3 is 121 Å². The molecule has 11 atom stereocenters.